The molecule has 0 radical (unpaired) electrons. The van der Waals surface area contributed by atoms with Crippen molar-refractivity contribution in [3.63, 3.8) is 0 Å². The van der Waals surface area contributed by atoms with Crippen molar-refractivity contribution in [2.75, 3.05) is 31.8 Å². The number of carboxylic acids is 1. The average molecular weight is 294 g/mol. The number of esters is 1. The standard InChI is InChI=1S/C14H18N2O5/c1-3-21-14(19)9-5-4-6-15-12(9)16(2)11-8-20-7-10(11)13(17)18/h4-6,10-11H,3,7-8H2,1-2H3,(H,17,18). The minimum absolute atomic E-state index is 0.159. The van der Waals surface area contributed by atoms with E-state index in [0.29, 0.717) is 11.4 Å². The molecule has 1 aromatic heterocycles. The zero-order chi connectivity index (χ0) is 15.4. The molecule has 0 aromatic carbocycles. The van der Waals surface area contributed by atoms with Gasteiger partial charge < -0.3 is 19.5 Å². The van der Waals surface area contributed by atoms with Gasteiger partial charge in [0.05, 0.1) is 25.9 Å². The first-order chi connectivity index (χ1) is 10.1. The first kappa shape index (κ1) is 15.2. The summed E-state index contributed by atoms with van der Waals surface area (Å²) in [5.74, 6) is -1.64. The molecule has 2 rings (SSSR count). The highest BCUT2D eigenvalue weighted by atomic mass is 16.5. The summed E-state index contributed by atoms with van der Waals surface area (Å²) in [5, 5.41) is 9.22. The molecule has 1 aliphatic heterocycles. The van der Waals surface area contributed by atoms with Crippen LogP contribution in [-0.2, 0) is 14.3 Å². The topological polar surface area (TPSA) is 89.0 Å². The van der Waals surface area contributed by atoms with Crippen LogP contribution in [0.15, 0.2) is 18.3 Å². The molecule has 0 saturated carbocycles. The molecule has 2 atom stereocenters. The van der Waals surface area contributed by atoms with Gasteiger partial charge in [0, 0.05) is 13.2 Å². The van der Waals surface area contributed by atoms with Crippen LogP contribution in [0.1, 0.15) is 17.3 Å². The first-order valence-electron chi connectivity index (χ1n) is 6.71. The van der Waals surface area contributed by atoms with Crippen LogP contribution in [-0.4, -0.2) is 54.9 Å². The normalized spacial score (nSPS) is 21.0. The van der Waals surface area contributed by atoms with Gasteiger partial charge in [-0.25, -0.2) is 9.78 Å². The Kier molecular flexibility index (Phi) is 4.74. The van der Waals surface area contributed by atoms with Gasteiger partial charge in [0.2, 0.25) is 0 Å². The number of nitrogens with zero attached hydrogens (tertiary/aromatic N) is 2. The Morgan fingerprint density at radius 2 is 2.29 bits per heavy atom. The van der Waals surface area contributed by atoms with E-state index < -0.39 is 17.9 Å². The van der Waals surface area contributed by atoms with E-state index in [-0.39, 0.29) is 25.9 Å². The van der Waals surface area contributed by atoms with Crippen LogP contribution in [0.4, 0.5) is 5.82 Å². The quantitative estimate of drug-likeness (QED) is 0.803. The van der Waals surface area contributed by atoms with Crippen LogP contribution in [0.3, 0.4) is 0 Å². The van der Waals surface area contributed by atoms with E-state index in [9.17, 15) is 14.7 Å². The van der Waals surface area contributed by atoms with Crippen LogP contribution in [0.25, 0.3) is 0 Å². The maximum absolute atomic E-state index is 12.0. The molecule has 7 nitrogen and oxygen atoms in total. The summed E-state index contributed by atoms with van der Waals surface area (Å²) < 4.78 is 10.3. The van der Waals surface area contributed by atoms with Crippen molar-refractivity contribution in [2.24, 2.45) is 5.92 Å². The Labute approximate surface area is 122 Å². The number of aliphatic carboxylic acids is 1. The maximum atomic E-state index is 12.0. The van der Waals surface area contributed by atoms with Gasteiger partial charge in [0.15, 0.2) is 0 Å². The predicted molar refractivity (Wildman–Crippen MR) is 74.3 cm³/mol. The van der Waals surface area contributed by atoms with Gasteiger partial charge in [-0.15, -0.1) is 0 Å². The number of carbonyl (C=O) groups excluding carboxylic acids is 1. The predicted octanol–water partition coefficient (Wildman–Crippen LogP) is 0.794. The number of hydrogen-bond acceptors (Lipinski definition) is 6. The number of anilines is 1. The molecule has 1 aliphatic rings. The van der Waals surface area contributed by atoms with Crippen LogP contribution < -0.4 is 4.90 Å². The number of pyridine rings is 1. The van der Waals surface area contributed by atoms with Crippen molar-refractivity contribution in [1.82, 2.24) is 4.98 Å². The molecule has 2 unspecified atom stereocenters. The second-order valence-corrected chi connectivity index (χ2v) is 4.76. The zero-order valence-corrected chi connectivity index (χ0v) is 12.0. The van der Waals surface area contributed by atoms with Crippen molar-refractivity contribution < 1.29 is 24.2 Å². The number of likely N-dealkylation sites (N-methyl/N-ethyl adjacent to an activating group) is 1. The highest BCUT2D eigenvalue weighted by Gasteiger charge is 2.38. The maximum Gasteiger partial charge on any atom is 0.341 e. The van der Waals surface area contributed by atoms with E-state index in [1.165, 1.54) is 0 Å². The molecule has 114 valence electrons. The van der Waals surface area contributed by atoms with Gasteiger partial charge in [0.25, 0.3) is 0 Å². The molecule has 2 heterocycles. The molecule has 1 N–H and O–H groups in total. The van der Waals surface area contributed by atoms with Gasteiger partial charge in [-0.3, -0.25) is 4.79 Å². The van der Waals surface area contributed by atoms with E-state index in [1.807, 2.05) is 0 Å². The Morgan fingerprint density at radius 1 is 1.52 bits per heavy atom. The Morgan fingerprint density at radius 3 is 2.95 bits per heavy atom. The molecule has 7 heteroatoms. The smallest absolute Gasteiger partial charge is 0.341 e. The van der Waals surface area contributed by atoms with Gasteiger partial charge in [-0.05, 0) is 19.1 Å². The number of hydrogen-bond donors (Lipinski definition) is 1. The molecule has 1 aromatic rings. The minimum atomic E-state index is -0.919. The Bertz CT molecular complexity index is 534. The fraction of sp³-hybridized carbons (Fsp3) is 0.500. The second kappa shape index (κ2) is 6.53. The molecule has 1 saturated heterocycles. The van der Waals surface area contributed by atoms with Gasteiger partial charge in [-0.2, -0.15) is 0 Å². The van der Waals surface area contributed by atoms with E-state index in [2.05, 4.69) is 4.98 Å². The summed E-state index contributed by atoms with van der Waals surface area (Å²) in [6, 6.07) is 2.89. The molecular weight excluding hydrogens is 276 g/mol. The van der Waals surface area contributed by atoms with Gasteiger partial charge >= 0.3 is 11.9 Å². The largest absolute Gasteiger partial charge is 0.481 e. The van der Waals surface area contributed by atoms with Crippen LogP contribution in [0.2, 0.25) is 0 Å². The summed E-state index contributed by atoms with van der Waals surface area (Å²) in [4.78, 5) is 29.1. The lowest BCUT2D eigenvalue weighted by atomic mass is 10.0. The van der Waals surface area contributed by atoms with Gasteiger partial charge in [-0.1, -0.05) is 0 Å². The third kappa shape index (κ3) is 3.13. The number of rotatable bonds is 5. The number of carbonyl (C=O) groups is 2. The van der Waals surface area contributed by atoms with Crippen LogP contribution in [0.5, 0.6) is 0 Å². The van der Waals surface area contributed by atoms with Crippen molar-refractivity contribution in [1.29, 1.82) is 0 Å². The molecule has 1 fully saturated rings. The van der Waals surface area contributed by atoms with E-state index >= 15 is 0 Å². The van der Waals surface area contributed by atoms with E-state index in [4.69, 9.17) is 9.47 Å². The Hall–Kier alpha value is -2.15. The lowest BCUT2D eigenvalue weighted by Crippen LogP contribution is -2.42. The lowest BCUT2D eigenvalue weighted by molar-refractivity contribution is -0.141. The highest BCUT2D eigenvalue weighted by Crippen LogP contribution is 2.26. The summed E-state index contributed by atoms with van der Waals surface area (Å²) in [7, 11) is 1.71. The van der Waals surface area contributed by atoms with Crippen molar-refractivity contribution in [3.8, 4) is 0 Å². The van der Waals surface area contributed by atoms with Crippen molar-refractivity contribution in [2.45, 2.75) is 13.0 Å². The third-order valence-electron chi connectivity index (χ3n) is 3.48. The van der Waals surface area contributed by atoms with Crippen LogP contribution in [0, 0.1) is 5.92 Å². The summed E-state index contributed by atoms with van der Waals surface area (Å²) in [5.41, 5.74) is 0.317. The Balaban J connectivity index is 2.29. The van der Waals surface area contributed by atoms with E-state index in [0.717, 1.165) is 0 Å². The minimum Gasteiger partial charge on any atom is -0.481 e. The molecular formula is C14H18N2O5. The fourth-order valence-corrected chi connectivity index (χ4v) is 2.36. The number of ether oxygens (including phenoxy) is 2. The van der Waals surface area contributed by atoms with Crippen LogP contribution >= 0.6 is 0 Å². The van der Waals surface area contributed by atoms with Crippen molar-refractivity contribution in [3.05, 3.63) is 23.9 Å². The molecule has 0 bridgehead atoms. The molecule has 0 aliphatic carbocycles. The monoisotopic (exact) mass is 294 g/mol. The average Bonchev–Trinajstić information content (AvgIpc) is 2.96. The molecule has 0 spiro atoms. The lowest BCUT2D eigenvalue weighted by Gasteiger charge is -2.28. The fourth-order valence-electron chi connectivity index (χ4n) is 2.36. The summed E-state index contributed by atoms with van der Waals surface area (Å²) >= 11 is 0. The summed E-state index contributed by atoms with van der Waals surface area (Å²) in [6.07, 6.45) is 1.56. The molecule has 0 amide bonds. The SMILES string of the molecule is CCOC(=O)c1cccnc1N(C)C1COCC1C(=O)O. The summed E-state index contributed by atoms with van der Waals surface area (Å²) in [6.45, 7) is 2.43. The number of aromatic nitrogens is 1. The van der Waals surface area contributed by atoms with Crippen molar-refractivity contribution >= 4 is 17.8 Å². The third-order valence-corrected chi connectivity index (χ3v) is 3.48. The zero-order valence-electron chi connectivity index (χ0n) is 12.0. The second-order valence-electron chi connectivity index (χ2n) is 4.76. The number of carboxylic acid groups (broad SMARTS) is 1. The molecule has 21 heavy (non-hydrogen) atoms. The highest BCUT2D eigenvalue weighted by molar-refractivity contribution is 5.94. The first-order valence-corrected chi connectivity index (χ1v) is 6.71. The van der Waals surface area contributed by atoms with Gasteiger partial charge in [0.1, 0.15) is 17.3 Å². The van der Waals surface area contributed by atoms with E-state index in [1.54, 1.807) is 37.2 Å².